The van der Waals surface area contributed by atoms with Crippen molar-refractivity contribution in [3.8, 4) is 0 Å². The van der Waals surface area contributed by atoms with Crippen LogP contribution < -0.4 is 0 Å². The van der Waals surface area contributed by atoms with Crippen LogP contribution in [0.5, 0.6) is 0 Å². The van der Waals surface area contributed by atoms with Gasteiger partial charge in [0, 0.05) is 19.6 Å². The van der Waals surface area contributed by atoms with Crippen molar-refractivity contribution >= 4 is 39.7 Å². The predicted molar refractivity (Wildman–Crippen MR) is 52.0 cm³/mol. The molecule has 0 radical (unpaired) electrons. The molecule has 80 valence electrons. The Kier molecular flexibility index (Phi) is 6.75. The number of nitrogens with zero attached hydrogens (tertiary/aromatic N) is 1. The van der Waals surface area contributed by atoms with Gasteiger partial charge in [-0.1, -0.05) is 0 Å². The minimum atomic E-state index is -4.33. The first kappa shape index (κ1) is 14.8. The van der Waals surface area contributed by atoms with E-state index in [0.717, 1.165) is 0 Å². The van der Waals surface area contributed by atoms with E-state index in [1.54, 1.807) is 4.90 Å². The summed E-state index contributed by atoms with van der Waals surface area (Å²) in [6, 6.07) is 0. The topological polar surface area (TPSA) is 87.1 Å². The second-order valence-corrected chi connectivity index (χ2v) is 4.46. The SMILES string of the molecule is O=S(=O)(O)C(O)CN1CCOCC1.[NaH]. The van der Waals surface area contributed by atoms with Crippen molar-refractivity contribution in [2.45, 2.75) is 5.44 Å². The summed E-state index contributed by atoms with van der Waals surface area (Å²) < 4.78 is 34.4. The molecular weight excluding hydrogens is 221 g/mol. The number of hydrogen-bond donors (Lipinski definition) is 2. The standard InChI is InChI=1S/C6H13NO5S.Na.H/c8-6(13(9,10)11)5-7-1-3-12-4-2-7;;/h6,8H,1-5H2,(H,9,10,11);;. The molecule has 1 rings (SSSR count). The van der Waals surface area contributed by atoms with E-state index in [0.29, 0.717) is 26.3 Å². The fourth-order valence-electron chi connectivity index (χ4n) is 1.10. The van der Waals surface area contributed by atoms with E-state index in [1.807, 2.05) is 0 Å². The van der Waals surface area contributed by atoms with E-state index in [1.165, 1.54) is 0 Å². The maximum absolute atomic E-state index is 10.5. The van der Waals surface area contributed by atoms with Crippen molar-refractivity contribution in [3.63, 3.8) is 0 Å². The third-order valence-corrected chi connectivity index (χ3v) is 2.70. The van der Waals surface area contributed by atoms with Gasteiger partial charge in [-0.3, -0.25) is 9.45 Å². The number of ether oxygens (including phenoxy) is 1. The third kappa shape index (κ3) is 5.04. The Balaban J connectivity index is 0.00000169. The average molecular weight is 235 g/mol. The molecule has 0 aromatic heterocycles. The van der Waals surface area contributed by atoms with E-state index in [4.69, 9.17) is 14.4 Å². The zero-order valence-corrected chi connectivity index (χ0v) is 7.90. The van der Waals surface area contributed by atoms with Gasteiger partial charge in [0.25, 0.3) is 10.1 Å². The predicted octanol–water partition coefficient (Wildman–Crippen LogP) is -2.12. The van der Waals surface area contributed by atoms with Gasteiger partial charge in [-0.05, 0) is 0 Å². The summed E-state index contributed by atoms with van der Waals surface area (Å²) in [5, 5.41) is 9.02. The molecule has 1 aliphatic heterocycles. The van der Waals surface area contributed by atoms with Gasteiger partial charge >= 0.3 is 29.6 Å². The summed E-state index contributed by atoms with van der Waals surface area (Å²) in [7, 11) is -4.33. The van der Waals surface area contributed by atoms with Gasteiger partial charge in [0.05, 0.1) is 13.2 Å². The zero-order chi connectivity index (χ0) is 9.90. The normalized spacial score (nSPS) is 21.3. The molecule has 1 aliphatic rings. The summed E-state index contributed by atoms with van der Waals surface area (Å²) in [4.78, 5) is 1.72. The van der Waals surface area contributed by atoms with Crippen molar-refractivity contribution in [1.82, 2.24) is 4.90 Å². The fourth-order valence-corrected chi connectivity index (χ4v) is 1.50. The van der Waals surface area contributed by atoms with E-state index in [-0.39, 0.29) is 36.1 Å². The van der Waals surface area contributed by atoms with E-state index < -0.39 is 15.6 Å². The molecular formula is C6H14NNaO5S. The van der Waals surface area contributed by atoms with Crippen LogP contribution in [0, 0.1) is 0 Å². The molecule has 0 aromatic carbocycles. The summed E-state index contributed by atoms with van der Waals surface area (Å²) in [5.74, 6) is 0. The fraction of sp³-hybridized carbons (Fsp3) is 1.00. The van der Waals surface area contributed by atoms with Crippen LogP contribution in [0.4, 0.5) is 0 Å². The monoisotopic (exact) mass is 235 g/mol. The molecule has 0 amide bonds. The van der Waals surface area contributed by atoms with Gasteiger partial charge in [0.1, 0.15) is 0 Å². The van der Waals surface area contributed by atoms with Crippen LogP contribution in [0.1, 0.15) is 0 Å². The molecule has 1 atom stereocenters. The van der Waals surface area contributed by atoms with E-state index >= 15 is 0 Å². The molecule has 0 spiro atoms. The number of morpholine rings is 1. The summed E-state index contributed by atoms with van der Waals surface area (Å²) in [6.45, 7) is 2.14. The van der Waals surface area contributed by atoms with Crippen molar-refractivity contribution < 1.29 is 22.8 Å². The summed E-state index contributed by atoms with van der Waals surface area (Å²) in [5.41, 5.74) is -1.72. The Morgan fingerprint density at radius 3 is 2.29 bits per heavy atom. The molecule has 1 fully saturated rings. The van der Waals surface area contributed by atoms with Crippen LogP contribution in [0.15, 0.2) is 0 Å². The van der Waals surface area contributed by atoms with Gasteiger partial charge in [0.15, 0.2) is 5.44 Å². The van der Waals surface area contributed by atoms with Crippen LogP contribution in [0.25, 0.3) is 0 Å². The molecule has 0 saturated carbocycles. The number of aliphatic hydroxyl groups excluding tert-OH is 1. The van der Waals surface area contributed by atoms with E-state index in [2.05, 4.69) is 0 Å². The molecule has 1 unspecified atom stereocenters. The third-order valence-electron chi connectivity index (χ3n) is 1.86. The Hall–Kier alpha value is 0.790. The second-order valence-electron chi connectivity index (χ2n) is 2.88. The molecule has 1 heterocycles. The molecule has 2 N–H and O–H groups in total. The van der Waals surface area contributed by atoms with Gasteiger partial charge in [-0.2, -0.15) is 8.42 Å². The van der Waals surface area contributed by atoms with Crippen LogP contribution in [-0.2, 0) is 14.9 Å². The maximum atomic E-state index is 10.5. The number of aliphatic hydroxyl groups is 1. The van der Waals surface area contributed by atoms with Crippen LogP contribution in [0.3, 0.4) is 0 Å². The Labute approximate surface area is 105 Å². The molecule has 0 bridgehead atoms. The van der Waals surface area contributed by atoms with Gasteiger partial charge in [0.2, 0.25) is 0 Å². The van der Waals surface area contributed by atoms with Crippen molar-refractivity contribution in [2.24, 2.45) is 0 Å². The molecule has 0 aliphatic carbocycles. The van der Waals surface area contributed by atoms with Gasteiger partial charge in [-0.25, -0.2) is 0 Å². The molecule has 14 heavy (non-hydrogen) atoms. The Morgan fingerprint density at radius 2 is 1.86 bits per heavy atom. The second kappa shape index (κ2) is 6.39. The molecule has 0 aromatic rings. The van der Waals surface area contributed by atoms with Gasteiger partial charge < -0.3 is 9.84 Å². The number of rotatable bonds is 3. The number of β-amino-alcohol motifs (C(OH)–C–C–N with tert-alkyl or cyclic N) is 1. The molecule has 8 heteroatoms. The summed E-state index contributed by atoms with van der Waals surface area (Å²) in [6.07, 6.45) is 0. The van der Waals surface area contributed by atoms with Crippen LogP contribution in [-0.4, -0.2) is 90.8 Å². The Morgan fingerprint density at radius 1 is 1.36 bits per heavy atom. The number of hydrogen-bond acceptors (Lipinski definition) is 5. The van der Waals surface area contributed by atoms with Crippen molar-refractivity contribution in [1.29, 1.82) is 0 Å². The van der Waals surface area contributed by atoms with Crippen molar-refractivity contribution in [3.05, 3.63) is 0 Å². The van der Waals surface area contributed by atoms with Crippen LogP contribution in [0.2, 0.25) is 0 Å². The molecule has 6 nitrogen and oxygen atoms in total. The first-order valence-electron chi connectivity index (χ1n) is 3.94. The van der Waals surface area contributed by atoms with Crippen LogP contribution >= 0.6 is 0 Å². The zero-order valence-electron chi connectivity index (χ0n) is 7.09. The first-order chi connectivity index (χ1) is 6.00. The average Bonchev–Trinajstić information content (AvgIpc) is 2.04. The minimum absolute atomic E-state index is 0. The Bertz CT molecular complexity index is 251. The van der Waals surface area contributed by atoms with E-state index in [9.17, 15) is 8.42 Å². The quantitative estimate of drug-likeness (QED) is 0.429. The van der Waals surface area contributed by atoms with Gasteiger partial charge in [-0.15, -0.1) is 0 Å². The summed E-state index contributed by atoms with van der Waals surface area (Å²) >= 11 is 0. The van der Waals surface area contributed by atoms with Crippen molar-refractivity contribution in [2.75, 3.05) is 32.8 Å². The first-order valence-corrected chi connectivity index (χ1v) is 5.45. The molecule has 1 saturated heterocycles.